The third kappa shape index (κ3) is 3.71. The maximum absolute atomic E-state index is 11.8. The van der Waals surface area contributed by atoms with Crippen molar-refractivity contribution in [3.8, 4) is 0 Å². The number of likely N-dealkylation sites (tertiary alicyclic amines) is 1. The average molecular weight is 267 g/mol. The van der Waals surface area contributed by atoms with E-state index in [9.17, 15) is 9.90 Å². The highest BCUT2D eigenvalue weighted by atomic mass is 16.4. The molecular weight excluding hydrogens is 238 g/mol. The second kappa shape index (κ2) is 6.74. The van der Waals surface area contributed by atoms with Crippen molar-refractivity contribution in [3.05, 3.63) is 0 Å². The van der Waals surface area contributed by atoms with Gasteiger partial charge in [0.25, 0.3) is 0 Å². The quantitative estimate of drug-likeness (QED) is 0.775. The SMILES string of the molecule is CCCC1CCN(CC2(C(=O)O)CCCCCC2)C1. The molecule has 0 bridgehead atoms. The van der Waals surface area contributed by atoms with Gasteiger partial charge in [0.2, 0.25) is 0 Å². The molecule has 1 aliphatic heterocycles. The first-order valence-corrected chi connectivity index (χ1v) is 8.12. The fourth-order valence-corrected chi connectivity index (χ4v) is 3.97. The molecule has 0 aromatic rings. The number of carboxylic acid groups (broad SMARTS) is 1. The molecule has 0 aromatic heterocycles. The normalized spacial score (nSPS) is 28.2. The van der Waals surface area contributed by atoms with Gasteiger partial charge in [-0.1, -0.05) is 39.0 Å². The Morgan fingerprint density at radius 1 is 1.26 bits per heavy atom. The van der Waals surface area contributed by atoms with Crippen LogP contribution in [-0.4, -0.2) is 35.6 Å². The Bertz CT molecular complexity index is 295. The van der Waals surface area contributed by atoms with Crippen LogP contribution in [0.25, 0.3) is 0 Å². The van der Waals surface area contributed by atoms with E-state index < -0.39 is 11.4 Å². The van der Waals surface area contributed by atoms with Crippen molar-refractivity contribution in [3.63, 3.8) is 0 Å². The molecule has 3 nitrogen and oxygen atoms in total. The maximum atomic E-state index is 11.8. The molecule has 2 fully saturated rings. The van der Waals surface area contributed by atoms with Crippen LogP contribution < -0.4 is 0 Å². The van der Waals surface area contributed by atoms with E-state index in [0.717, 1.165) is 51.2 Å². The highest BCUT2D eigenvalue weighted by Crippen LogP contribution is 2.37. The molecule has 1 saturated carbocycles. The van der Waals surface area contributed by atoms with Crippen LogP contribution >= 0.6 is 0 Å². The summed E-state index contributed by atoms with van der Waals surface area (Å²) in [5, 5.41) is 9.72. The molecule has 1 atom stereocenters. The molecule has 0 aromatic carbocycles. The zero-order valence-corrected chi connectivity index (χ0v) is 12.4. The van der Waals surface area contributed by atoms with Crippen LogP contribution in [-0.2, 0) is 4.79 Å². The van der Waals surface area contributed by atoms with Crippen LogP contribution in [0, 0.1) is 11.3 Å². The van der Waals surface area contributed by atoms with E-state index in [1.165, 1.54) is 32.1 Å². The summed E-state index contributed by atoms with van der Waals surface area (Å²) in [6, 6.07) is 0. The Morgan fingerprint density at radius 3 is 2.53 bits per heavy atom. The van der Waals surface area contributed by atoms with Crippen LogP contribution in [0.1, 0.15) is 64.7 Å². The van der Waals surface area contributed by atoms with Crippen molar-refractivity contribution >= 4 is 5.97 Å². The first-order valence-electron chi connectivity index (χ1n) is 8.12. The van der Waals surface area contributed by atoms with Crippen molar-refractivity contribution in [1.82, 2.24) is 4.90 Å². The topological polar surface area (TPSA) is 40.5 Å². The lowest BCUT2D eigenvalue weighted by Crippen LogP contribution is -2.42. The summed E-state index contributed by atoms with van der Waals surface area (Å²) >= 11 is 0. The second-order valence-electron chi connectivity index (χ2n) is 6.68. The molecule has 110 valence electrons. The molecule has 1 saturated heterocycles. The van der Waals surface area contributed by atoms with Crippen molar-refractivity contribution in [1.29, 1.82) is 0 Å². The van der Waals surface area contributed by atoms with Gasteiger partial charge < -0.3 is 10.0 Å². The first kappa shape index (κ1) is 14.8. The zero-order chi connectivity index (χ0) is 13.7. The van der Waals surface area contributed by atoms with Gasteiger partial charge in [-0.15, -0.1) is 0 Å². The summed E-state index contributed by atoms with van der Waals surface area (Å²) < 4.78 is 0. The van der Waals surface area contributed by atoms with E-state index in [1.54, 1.807) is 0 Å². The minimum absolute atomic E-state index is 0.447. The summed E-state index contributed by atoms with van der Waals surface area (Å²) in [7, 11) is 0. The number of hydrogen-bond donors (Lipinski definition) is 1. The Kier molecular flexibility index (Phi) is 5.26. The smallest absolute Gasteiger partial charge is 0.310 e. The van der Waals surface area contributed by atoms with Gasteiger partial charge in [-0.3, -0.25) is 4.79 Å². The summed E-state index contributed by atoms with van der Waals surface area (Å²) in [5.41, 5.74) is -0.447. The van der Waals surface area contributed by atoms with E-state index in [1.807, 2.05) is 0 Å². The second-order valence-corrected chi connectivity index (χ2v) is 6.68. The summed E-state index contributed by atoms with van der Waals surface area (Å²) in [5.74, 6) is 0.259. The van der Waals surface area contributed by atoms with E-state index in [-0.39, 0.29) is 0 Å². The lowest BCUT2D eigenvalue weighted by Gasteiger charge is -2.32. The van der Waals surface area contributed by atoms with Gasteiger partial charge in [0.1, 0.15) is 0 Å². The van der Waals surface area contributed by atoms with Gasteiger partial charge in [-0.05, 0) is 38.1 Å². The lowest BCUT2D eigenvalue weighted by molar-refractivity contribution is -0.151. The largest absolute Gasteiger partial charge is 0.481 e. The van der Waals surface area contributed by atoms with Crippen LogP contribution in [0.15, 0.2) is 0 Å². The number of carboxylic acids is 1. The Balaban J connectivity index is 1.95. The molecule has 19 heavy (non-hydrogen) atoms. The molecule has 3 heteroatoms. The van der Waals surface area contributed by atoms with E-state index >= 15 is 0 Å². The molecule has 2 aliphatic rings. The standard InChI is InChI=1S/C16H29NO2/c1-2-7-14-8-11-17(12-14)13-16(15(18)19)9-5-3-4-6-10-16/h14H,2-13H2,1H3,(H,18,19). The monoisotopic (exact) mass is 267 g/mol. The maximum Gasteiger partial charge on any atom is 0.310 e. The minimum atomic E-state index is -0.548. The Morgan fingerprint density at radius 2 is 1.95 bits per heavy atom. The molecule has 0 amide bonds. The van der Waals surface area contributed by atoms with Crippen LogP contribution in [0.3, 0.4) is 0 Å². The average Bonchev–Trinajstić information content (AvgIpc) is 2.66. The molecule has 1 aliphatic carbocycles. The third-order valence-corrected chi connectivity index (χ3v) is 5.11. The predicted molar refractivity (Wildman–Crippen MR) is 77.2 cm³/mol. The van der Waals surface area contributed by atoms with Gasteiger partial charge in [-0.25, -0.2) is 0 Å². The fourth-order valence-electron chi connectivity index (χ4n) is 3.97. The summed E-state index contributed by atoms with van der Waals surface area (Å²) in [6.45, 7) is 5.28. The summed E-state index contributed by atoms with van der Waals surface area (Å²) in [4.78, 5) is 14.2. The number of rotatable bonds is 5. The lowest BCUT2D eigenvalue weighted by atomic mass is 9.80. The predicted octanol–water partition coefficient (Wildman–Crippen LogP) is 3.53. The van der Waals surface area contributed by atoms with Gasteiger partial charge >= 0.3 is 5.97 Å². The third-order valence-electron chi connectivity index (χ3n) is 5.11. The molecule has 2 rings (SSSR count). The van der Waals surface area contributed by atoms with Gasteiger partial charge in [0, 0.05) is 13.1 Å². The van der Waals surface area contributed by atoms with Gasteiger partial charge in [0.15, 0.2) is 0 Å². The molecule has 1 N–H and O–H groups in total. The van der Waals surface area contributed by atoms with Gasteiger partial charge in [-0.2, -0.15) is 0 Å². The molecular formula is C16H29NO2. The van der Waals surface area contributed by atoms with E-state index in [2.05, 4.69) is 11.8 Å². The highest BCUT2D eigenvalue weighted by molar-refractivity contribution is 5.75. The number of aliphatic carboxylic acids is 1. The number of carbonyl (C=O) groups is 1. The molecule has 0 spiro atoms. The Labute approximate surface area is 117 Å². The van der Waals surface area contributed by atoms with Crippen molar-refractivity contribution in [2.75, 3.05) is 19.6 Å². The van der Waals surface area contributed by atoms with Crippen molar-refractivity contribution in [2.24, 2.45) is 11.3 Å². The summed E-state index contributed by atoms with van der Waals surface area (Å²) in [6.07, 6.45) is 10.2. The van der Waals surface area contributed by atoms with Crippen molar-refractivity contribution < 1.29 is 9.90 Å². The van der Waals surface area contributed by atoms with E-state index in [0.29, 0.717) is 0 Å². The van der Waals surface area contributed by atoms with Crippen molar-refractivity contribution in [2.45, 2.75) is 64.7 Å². The highest BCUT2D eigenvalue weighted by Gasteiger charge is 2.41. The fraction of sp³-hybridized carbons (Fsp3) is 0.938. The Hall–Kier alpha value is -0.570. The van der Waals surface area contributed by atoms with Gasteiger partial charge in [0.05, 0.1) is 5.41 Å². The number of hydrogen-bond acceptors (Lipinski definition) is 2. The molecule has 0 radical (unpaired) electrons. The zero-order valence-electron chi connectivity index (χ0n) is 12.4. The van der Waals surface area contributed by atoms with Crippen LogP contribution in [0.4, 0.5) is 0 Å². The number of nitrogens with zero attached hydrogens (tertiary/aromatic N) is 1. The van der Waals surface area contributed by atoms with E-state index in [4.69, 9.17) is 0 Å². The molecule has 1 heterocycles. The molecule has 1 unspecified atom stereocenters. The minimum Gasteiger partial charge on any atom is -0.481 e. The van der Waals surface area contributed by atoms with Crippen LogP contribution in [0.2, 0.25) is 0 Å². The first-order chi connectivity index (χ1) is 9.16. The van der Waals surface area contributed by atoms with Crippen LogP contribution in [0.5, 0.6) is 0 Å².